The second-order valence-corrected chi connectivity index (χ2v) is 4.55. The molecule has 0 aliphatic carbocycles. The molecule has 120 valence electrons. The highest BCUT2D eigenvalue weighted by Gasteiger charge is 2.17. The van der Waals surface area contributed by atoms with E-state index in [4.69, 9.17) is 0 Å². The Morgan fingerprint density at radius 2 is 2.04 bits per heavy atom. The summed E-state index contributed by atoms with van der Waals surface area (Å²) >= 11 is 0. The van der Waals surface area contributed by atoms with Gasteiger partial charge >= 0.3 is 0 Å². The van der Waals surface area contributed by atoms with Crippen LogP contribution in [0.15, 0.2) is 27.2 Å². The molecule has 2 aromatic rings. The molecule has 0 saturated carbocycles. The molecule has 0 aliphatic rings. The molecule has 11 nitrogen and oxygen atoms in total. The number of anilines is 1. The lowest BCUT2D eigenvalue weighted by Crippen LogP contribution is -2.06. The Kier molecular flexibility index (Phi) is 4.21. The molecule has 1 amide bonds. The molecule has 0 radical (unpaired) electrons. The van der Waals surface area contributed by atoms with E-state index in [0.29, 0.717) is 5.69 Å². The molecule has 4 N–H and O–H groups in total. The number of nitrogens with one attached hydrogen (secondary N) is 3. The van der Waals surface area contributed by atoms with E-state index in [2.05, 4.69) is 25.7 Å². The highest BCUT2D eigenvalue weighted by atomic mass is 16.6. The van der Waals surface area contributed by atoms with Crippen LogP contribution in [0.1, 0.15) is 12.6 Å². The molecule has 11 heteroatoms. The fraction of sp³-hybridized carbons (Fsp3) is 0.167. The molecule has 0 fully saturated rings. The zero-order valence-corrected chi connectivity index (χ0v) is 12.1. The van der Waals surface area contributed by atoms with E-state index in [-0.39, 0.29) is 17.1 Å². The zero-order chi connectivity index (χ0) is 17.1. The van der Waals surface area contributed by atoms with E-state index >= 15 is 0 Å². The number of H-pyrrole nitrogens is 2. The van der Waals surface area contributed by atoms with Gasteiger partial charge in [-0.15, -0.1) is 10.2 Å². The van der Waals surface area contributed by atoms with Crippen LogP contribution in [-0.2, 0) is 4.79 Å². The number of carbonyl (C=O) groups excluding carboxylic acids is 1. The Bertz CT molecular complexity index is 865. The van der Waals surface area contributed by atoms with Crippen molar-refractivity contribution in [1.29, 1.82) is 0 Å². The van der Waals surface area contributed by atoms with Gasteiger partial charge in [-0.3, -0.25) is 24.8 Å². The number of nitro groups is 1. The number of amides is 1. The number of non-ortho nitro benzene ring substituents is 1. The van der Waals surface area contributed by atoms with E-state index in [1.54, 1.807) is 6.92 Å². The molecule has 0 spiro atoms. The van der Waals surface area contributed by atoms with Crippen LogP contribution in [0.5, 0.6) is 5.75 Å². The lowest BCUT2D eigenvalue weighted by Gasteiger charge is -2.06. The maximum atomic E-state index is 11.5. The van der Waals surface area contributed by atoms with E-state index in [9.17, 15) is 24.8 Å². The number of phenols is 1. The highest BCUT2D eigenvalue weighted by Crippen LogP contribution is 2.39. The van der Waals surface area contributed by atoms with Crippen molar-refractivity contribution in [1.82, 2.24) is 10.2 Å². The summed E-state index contributed by atoms with van der Waals surface area (Å²) < 4.78 is 0. The maximum absolute atomic E-state index is 11.5. The quantitative estimate of drug-likeness (QED) is 0.292. The number of rotatable bonds is 4. The molecule has 2 rings (SSSR count). The van der Waals surface area contributed by atoms with Gasteiger partial charge in [-0.2, -0.15) is 0 Å². The van der Waals surface area contributed by atoms with Gasteiger partial charge in [-0.1, -0.05) is 0 Å². The standard InChI is InChI=1S/C12H12N6O5/c1-5-10(12(21)17-14-5)16-15-9-4-7(18(22)23)3-8(11(9)20)13-6(2)19/h3-4,20H,1-2H3,(H,13,19)(H2,14,17,21). The molecular formula is C12H12N6O5. The van der Waals surface area contributed by atoms with Gasteiger partial charge in [0.05, 0.1) is 16.3 Å². The van der Waals surface area contributed by atoms with Gasteiger partial charge in [0.1, 0.15) is 5.69 Å². The number of aromatic amines is 2. The van der Waals surface area contributed by atoms with E-state index in [1.807, 2.05) is 0 Å². The molecule has 0 atom stereocenters. The van der Waals surface area contributed by atoms with Gasteiger partial charge in [0.15, 0.2) is 11.4 Å². The highest BCUT2D eigenvalue weighted by molar-refractivity contribution is 5.92. The van der Waals surface area contributed by atoms with Crippen molar-refractivity contribution in [2.45, 2.75) is 13.8 Å². The maximum Gasteiger partial charge on any atom is 0.291 e. The minimum absolute atomic E-state index is 0.0306. The van der Waals surface area contributed by atoms with Crippen molar-refractivity contribution in [3.05, 3.63) is 38.3 Å². The third-order valence-electron chi connectivity index (χ3n) is 2.79. The average molecular weight is 320 g/mol. The smallest absolute Gasteiger partial charge is 0.291 e. The van der Waals surface area contributed by atoms with Gasteiger partial charge in [0.25, 0.3) is 11.2 Å². The van der Waals surface area contributed by atoms with Crippen molar-refractivity contribution in [3.8, 4) is 5.75 Å². The first-order valence-electron chi connectivity index (χ1n) is 6.27. The SMILES string of the molecule is CC(=O)Nc1cc([N+](=O)[O-])cc(N=Nc2c(C)[nH][nH]c2=O)c1O. The molecule has 0 aliphatic heterocycles. The lowest BCUT2D eigenvalue weighted by molar-refractivity contribution is -0.384. The molecule has 1 heterocycles. The van der Waals surface area contributed by atoms with Crippen LogP contribution in [0, 0.1) is 17.0 Å². The molecular weight excluding hydrogens is 308 g/mol. The third-order valence-corrected chi connectivity index (χ3v) is 2.79. The number of azo groups is 1. The van der Waals surface area contributed by atoms with E-state index in [1.165, 1.54) is 6.92 Å². The second kappa shape index (κ2) is 6.09. The monoisotopic (exact) mass is 320 g/mol. The summed E-state index contributed by atoms with van der Waals surface area (Å²) in [4.78, 5) is 32.8. The fourth-order valence-corrected chi connectivity index (χ4v) is 1.73. The predicted octanol–water partition coefficient (Wildman–Crippen LogP) is 2.00. The Morgan fingerprint density at radius 3 is 2.57 bits per heavy atom. The summed E-state index contributed by atoms with van der Waals surface area (Å²) in [5.74, 6) is -1.03. The molecule has 23 heavy (non-hydrogen) atoms. The van der Waals surface area contributed by atoms with Crippen LogP contribution < -0.4 is 10.9 Å². The van der Waals surface area contributed by atoms with Crippen LogP contribution >= 0.6 is 0 Å². The molecule has 0 unspecified atom stereocenters. The van der Waals surface area contributed by atoms with Crippen molar-refractivity contribution in [3.63, 3.8) is 0 Å². The number of benzene rings is 1. The Hall–Kier alpha value is -3.50. The number of aryl methyl sites for hydroxylation is 1. The molecule has 1 aromatic carbocycles. The van der Waals surface area contributed by atoms with Gasteiger partial charge in [-0.05, 0) is 6.92 Å². The Morgan fingerprint density at radius 1 is 1.35 bits per heavy atom. The average Bonchev–Trinajstić information content (AvgIpc) is 2.78. The van der Waals surface area contributed by atoms with Crippen molar-refractivity contribution in [2.24, 2.45) is 10.2 Å². The van der Waals surface area contributed by atoms with Crippen molar-refractivity contribution in [2.75, 3.05) is 5.32 Å². The van der Waals surface area contributed by atoms with Crippen LogP contribution in [0.3, 0.4) is 0 Å². The van der Waals surface area contributed by atoms with Gasteiger partial charge in [0.2, 0.25) is 5.91 Å². The van der Waals surface area contributed by atoms with Crippen LogP contribution in [-0.4, -0.2) is 26.1 Å². The molecule has 0 saturated heterocycles. The number of aromatic hydroxyl groups is 1. The van der Waals surface area contributed by atoms with E-state index in [0.717, 1.165) is 12.1 Å². The van der Waals surface area contributed by atoms with Crippen molar-refractivity contribution >= 4 is 28.7 Å². The van der Waals surface area contributed by atoms with Crippen LogP contribution in [0.4, 0.5) is 22.7 Å². The van der Waals surface area contributed by atoms with Crippen molar-refractivity contribution < 1.29 is 14.8 Å². The summed E-state index contributed by atoms with van der Waals surface area (Å²) in [6.45, 7) is 2.75. The van der Waals surface area contributed by atoms with E-state index < -0.39 is 27.8 Å². The van der Waals surface area contributed by atoms with Gasteiger partial charge < -0.3 is 15.5 Å². The lowest BCUT2D eigenvalue weighted by atomic mass is 10.2. The first-order chi connectivity index (χ1) is 10.8. The van der Waals surface area contributed by atoms with Gasteiger partial charge in [-0.25, -0.2) is 0 Å². The number of aromatic nitrogens is 2. The summed E-state index contributed by atoms with van der Waals surface area (Å²) in [5, 5.41) is 35.4. The Balaban J connectivity index is 2.52. The number of nitro benzene ring substituents is 1. The molecule has 0 bridgehead atoms. The fourth-order valence-electron chi connectivity index (χ4n) is 1.73. The third kappa shape index (κ3) is 3.40. The summed E-state index contributed by atoms with van der Waals surface area (Å²) in [5.41, 5.74) is -0.996. The number of hydrogen-bond donors (Lipinski definition) is 4. The van der Waals surface area contributed by atoms with Gasteiger partial charge in [0, 0.05) is 19.1 Å². The first kappa shape index (κ1) is 15.9. The van der Waals surface area contributed by atoms with Crippen LogP contribution in [0.25, 0.3) is 0 Å². The summed E-state index contributed by atoms with van der Waals surface area (Å²) in [6, 6.07) is 1.96. The number of phenolic OH excluding ortho intramolecular Hbond substituents is 1. The minimum atomic E-state index is -0.710. The summed E-state index contributed by atoms with van der Waals surface area (Å²) in [6.07, 6.45) is 0. The first-order valence-corrected chi connectivity index (χ1v) is 6.27. The molecule has 1 aromatic heterocycles. The zero-order valence-electron chi connectivity index (χ0n) is 12.1. The predicted molar refractivity (Wildman–Crippen MR) is 79.4 cm³/mol. The largest absolute Gasteiger partial charge is 0.504 e. The number of carbonyl (C=O) groups is 1. The summed E-state index contributed by atoms with van der Waals surface area (Å²) in [7, 11) is 0. The topological polar surface area (TPSA) is 166 Å². The minimum Gasteiger partial charge on any atom is -0.504 e. The second-order valence-electron chi connectivity index (χ2n) is 4.55. The Labute approximate surface area is 128 Å². The van der Waals surface area contributed by atoms with Crippen LogP contribution in [0.2, 0.25) is 0 Å². The number of hydrogen-bond acceptors (Lipinski definition) is 7. The normalized spacial score (nSPS) is 10.9. The number of nitrogens with zero attached hydrogens (tertiary/aromatic N) is 3.